The van der Waals surface area contributed by atoms with Gasteiger partial charge >= 0.3 is 18.2 Å². The fourth-order valence-corrected chi connectivity index (χ4v) is 3.40. The molecule has 0 fully saturated rings. The van der Waals surface area contributed by atoms with E-state index in [1.54, 1.807) is 37.3 Å². The maximum atomic E-state index is 13.3. The lowest BCUT2D eigenvalue weighted by molar-refractivity contribution is -0.137. The van der Waals surface area contributed by atoms with Crippen molar-refractivity contribution in [1.82, 2.24) is 14.8 Å². The fraction of sp³-hybridized carbons (Fsp3) is 0.160. The maximum Gasteiger partial charge on any atom is 0.416 e. The monoisotopic (exact) mass is 481 g/mol. The van der Waals surface area contributed by atoms with Crippen LogP contribution in [-0.2, 0) is 6.18 Å². The first-order valence-corrected chi connectivity index (χ1v) is 10.8. The summed E-state index contributed by atoms with van der Waals surface area (Å²) in [6.45, 7) is 3.92. The standard InChI is InChI=1S/C25H22F3N5O2/c1-3-35-24-31-22(17-9-6-10-18(14-17)25(26,27)28)33(32-24)20-12-7-11-19(15-20)29-23(34)30-21-13-5-4-8-16(21)2/h4-15H,3H2,1-2H3,(H2,29,30,34). The lowest BCUT2D eigenvalue weighted by Gasteiger charge is -2.12. The number of hydrogen-bond donors (Lipinski definition) is 2. The quantitative estimate of drug-likeness (QED) is 0.338. The van der Waals surface area contributed by atoms with E-state index in [9.17, 15) is 18.0 Å². The molecule has 0 bridgehead atoms. The molecule has 3 aromatic carbocycles. The predicted molar refractivity (Wildman–Crippen MR) is 127 cm³/mol. The number of aromatic nitrogens is 3. The number of amides is 2. The molecule has 0 saturated carbocycles. The van der Waals surface area contributed by atoms with Gasteiger partial charge in [-0.15, -0.1) is 5.10 Å². The van der Waals surface area contributed by atoms with E-state index < -0.39 is 17.8 Å². The molecule has 0 radical (unpaired) electrons. The van der Waals surface area contributed by atoms with Crippen molar-refractivity contribution in [2.24, 2.45) is 0 Å². The van der Waals surface area contributed by atoms with Gasteiger partial charge in [-0.3, -0.25) is 0 Å². The Kier molecular flexibility index (Phi) is 6.72. The first-order valence-electron chi connectivity index (χ1n) is 10.8. The maximum absolute atomic E-state index is 13.3. The van der Waals surface area contributed by atoms with Crippen LogP contribution in [0.3, 0.4) is 0 Å². The lowest BCUT2D eigenvalue weighted by atomic mass is 10.1. The first kappa shape index (κ1) is 23.8. The minimum Gasteiger partial charge on any atom is -0.463 e. The molecular weight excluding hydrogens is 459 g/mol. The third-order valence-corrected chi connectivity index (χ3v) is 5.05. The summed E-state index contributed by atoms with van der Waals surface area (Å²) in [7, 11) is 0. The summed E-state index contributed by atoms with van der Waals surface area (Å²) < 4.78 is 46.6. The molecule has 0 aliphatic carbocycles. The number of nitrogens with zero attached hydrogens (tertiary/aromatic N) is 3. The Labute approximate surface area is 199 Å². The molecule has 1 heterocycles. The molecule has 0 spiro atoms. The van der Waals surface area contributed by atoms with E-state index in [2.05, 4.69) is 20.7 Å². The number of nitrogens with one attached hydrogen (secondary N) is 2. The summed E-state index contributed by atoms with van der Waals surface area (Å²) in [5.41, 5.74) is 1.93. The Morgan fingerprint density at radius 1 is 1.00 bits per heavy atom. The number of anilines is 2. The van der Waals surface area contributed by atoms with Gasteiger partial charge in [-0.25, -0.2) is 9.48 Å². The number of hydrogen-bond acceptors (Lipinski definition) is 4. The molecular formula is C25H22F3N5O2. The van der Waals surface area contributed by atoms with Gasteiger partial charge < -0.3 is 15.4 Å². The van der Waals surface area contributed by atoms with E-state index in [0.717, 1.165) is 17.7 Å². The van der Waals surface area contributed by atoms with E-state index in [4.69, 9.17) is 4.74 Å². The van der Waals surface area contributed by atoms with Crippen molar-refractivity contribution in [2.45, 2.75) is 20.0 Å². The van der Waals surface area contributed by atoms with E-state index in [1.807, 2.05) is 25.1 Å². The van der Waals surface area contributed by atoms with Gasteiger partial charge in [-0.2, -0.15) is 18.2 Å². The molecule has 0 atom stereocenters. The Morgan fingerprint density at radius 3 is 2.51 bits per heavy atom. The van der Waals surface area contributed by atoms with E-state index in [1.165, 1.54) is 16.8 Å². The highest BCUT2D eigenvalue weighted by atomic mass is 19.4. The predicted octanol–water partition coefficient (Wildman–Crippen LogP) is 6.30. The van der Waals surface area contributed by atoms with Gasteiger partial charge in [-0.1, -0.05) is 36.4 Å². The first-order chi connectivity index (χ1) is 16.7. The second-order valence-corrected chi connectivity index (χ2v) is 7.59. The van der Waals surface area contributed by atoms with Crippen LogP contribution < -0.4 is 15.4 Å². The molecule has 2 amide bonds. The summed E-state index contributed by atoms with van der Waals surface area (Å²) in [6.07, 6.45) is -4.50. The van der Waals surface area contributed by atoms with Crippen LogP contribution >= 0.6 is 0 Å². The van der Waals surface area contributed by atoms with Crippen molar-refractivity contribution in [3.05, 3.63) is 83.9 Å². The van der Waals surface area contributed by atoms with Crippen LogP contribution in [0.1, 0.15) is 18.1 Å². The number of ether oxygens (including phenoxy) is 1. The number of rotatable bonds is 6. The zero-order chi connectivity index (χ0) is 25.0. The third kappa shape index (κ3) is 5.60. The van der Waals surface area contributed by atoms with Crippen molar-refractivity contribution in [3.8, 4) is 23.1 Å². The lowest BCUT2D eigenvalue weighted by Crippen LogP contribution is -2.20. The number of benzene rings is 3. The Balaban J connectivity index is 1.66. The van der Waals surface area contributed by atoms with Crippen LogP contribution in [0.2, 0.25) is 0 Å². The molecule has 0 aliphatic rings. The van der Waals surface area contributed by atoms with E-state index in [0.29, 0.717) is 17.1 Å². The average Bonchev–Trinajstić information content (AvgIpc) is 3.25. The number of carbonyl (C=O) groups excluding carboxylic acids is 1. The van der Waals surface area contributed by atoms with Crippen LogP contribution in [0, 0.1) is 6.92 Å². The molecule has 4 rings (SSSR count). The highest BCUT2D eigenvalue weighted by molar-refractivity contribution is 6.00. The van der Waals surface area contributed by atoms with Gasteiger partial charge in [-0.05, 0) is 55.8 Å². The highest BCUT2D eigenvalue weighted by Crippen LogP contribution is 2.33. The third-order valence-electron chi connectivity index (χ3n) is 5.05. The normalized spacial score (nSPS) is 11.2. The van der Waals surface area contributed by atoms with E-state index in [-0.39, 0.29) is 24.0 Å². The fourth-order valence-electron chi connectivity index (χ4n) is 3.40. The molecule has 0 aliphatic heterocycles. The number of urea groups is 1. The summed E-state index contributed by atoms with van der Waals surface area (Å²) in [6, 6.07) is 18.5. The number of halogens is 3. The van der Waals surface area contributed by atoms with Crippen LogP contribution in [0.5, 0.6) is 6.01 Å². The minimum atomic E-state index is -4.50. The molecule has 10 heteroatoms. The second-order valence-electron chi connectivity index (χ2n) is 7.59. The van der Waals surface area contributed by atoms with Gasteiger partial charge in [0.1, 0.15) is 0 Å². The van der Waals surface area contributed by atoms with Gasteiger partial charge in [0.2, 0.25) is 0 Å². The molecule has 2 N–H and O–H groups in total. The Morgan fingerprint density at radius 2 is 1.77 bits per heavy atom. The van der Waals surface area contributed by atoms with Crippen molar-refractivity contribution < 1.29 is 22.7 Å². The molecule has 0 unspecified atom stereocenters. The molecule has 7 nitrogen and oxygen atoms in total. The molecule has 180 valence electrons. The van der Waals surface area contributed by atoms with Crippen molar-refractivity contribution >= 4 is 17.4 Å². The van der Waals surface area contributed by atoms with Gasteiger partial charge in [0.25, 0.3) is 0 Å². The number of alkyl halides is 3. The summed E-state index contributed by atoms with van der Waals surface area (Å²) in [4.78, 5) is 16.8. The number of carbonyl (C=O) groups is 1. The molecule has 35 heavy (non-hydrogen) atoms. The van der Waals surface area contributed by atoms with Crippen molar-refractivity contribution in [3.63, 3.8) is 0 Å². The second kappa shape index (κ2) is 9.88. The number of para-hydroxylation sites is 1. The smallest absolute Gasteiger partial charge is 0.416 e. The summed E-state index contributed by atoms with van der Waals surface area (Å²) in [5.74, 6) is 0.168. The average molecular weight is 481 g/mol. The van der Waals surface area contributed by atoms with E-state index >= 15 is 0 Å². The van der Waals surface area contributed by atoms with Crippen molar-refractivity contribution in [2.75, 3.05) is 17.2 Å². The van der Waals surface area contributed by atoms with Crippen molar-refractivity contribution in [1.29, 1.82) is 0 Å². The number of aryl methyl sites for hydroxylation is 1. The summed E-state index contributed by atoms with van der Waals surface area (Å²) >= 11 is 0. The van der Waals surface area contributed by atoms with Gasteiger partial charge in [0.15, 0.2) is 5.82 Å². The van der Waals surface area contributed by atoms with Gasteiger partial charge in [0, 0.05) is 16.9 Å². The topological polar surface area (TPSA) is 81.1 Å². The van der Waals surface area contributed by atoms with Crippen LogP contribution in [-0.4, -0.2) is 27.4 Å². The minimum absolute atomic E-state index is 0.0237. The zero-order valence-electron chi connectivity index (χ0n) is 18.9. The molecule has 0 saturated heterocycles. The summed E-state index contributed by atoms with van der Waals surface area (Å²) in [5, 5.41) is 9.85. The van der Waals surface area contributed by atoms with Crippen LogP contribution in [0.15, 0.2) is 72.8 Å². The largest absolute Gasteiger partial charge is 0.463 e. The Hall–Kier alpha value is -4.34. The van der Waals surface area contributed by atoms with Crippen LogP contribution in [0.4, 0.5) is 29.3 Å². The highest BCUT2D eigenvalue weighted by Gasteiger charge is 2.31. The molecule has 4 aromatic rings. The molecule has 1 aromatic heterocycles. The Bertz CT molecular complexity index is 1350. The zero-order valence-corrected chi connectivity index (χ0v) is 18.9. The SMILES string of the molecule is CCOc1nc(-c2cccc(C(F)(F)F)c2)n(-c2cccc(NC(=O)Nc3ccccc3C)c2)n1. The van der Waals surface area contributed by atoms with Crippen LogP contribution in [0.25, 0.3) is 17.1 Å². The van der Waals surface area contributed by atoms with Gasteiger partial charge in [0.05, 0.1) is 17.9 Å².